The molecule has 0 spiro atoms. The van der Waals surface area contributed by atoms with E-state index in [4.69, 9.17) is 23.7 Å². The lowest BCUT2D eigenvalue weighted by atomic mass is 9.98. The first-order valence-electron chi connectivity index (χ1n) is 31.5. The number of aliphatic hydroxyl groups excluding tert-OH is 2. The van der Waals surface area contributed by atoms with Crippen LogP contribution in [0.4, 0.5) is 0 Å². The average molecular weight is 1150 g/mol. The lowest BCUT2D eigenvalue weighted by molar-refractivity contribution is -0.301. The van der Waals surface area contributed by atoms with Crippen LogP contribution in [0.1, 0.15) is 213 Å². The number of hydrogen-bond acceptors (Lipinski definition) is 11. The van der Waals surface area contributed by atoms with Crippen molar-refractivity contribution in [2.24, 2.45) is 0 Å². The van der Waals surface area contributed by atoms with Gasteiger partial charge in [0.15, 0.2) is 24.6 Å². The lowest BCUT2D eigenvalue weighted by Crippen LogP contribution is -2.61. The van der Waals surface area contributed by atoms with Gasteiger partial charge in [0, 0.05) is 19.3 Å². The van der Waals surface area contributed by atoms with Crippen LogP contribution in [0.2, 0.25) is 0 Å². The van der Waals surface area contributed by atoms with Gasteiger partial charge in [0.25, 0.3) is 0 Å². The van der Waals surface area contributed by atoms with E-state index in [2.05, 4.69) is 167 Å². The Kier molecular flexibility index (Phi) is 51.6. The van der Waals surface area contributed by atoms with Crippen molar-refractivity contribution < 1.29 is 58.2 Å². The number of carbonyl (C=O) groups excluding carboxylic acids is 3. The topological polar surface area (TPSA) is 175 Å². The van der Waals surface area contributed by atoms with Gasteiger partial charge in [0.1, 0.15) is 18.8 Å². The minimum absolute atomic E-state index is 0.0295. The molecule has 464 valence electrons. The second-order valence-corrected chi connectivity index (χ2v) is 20.5. The van der Waals surface area contributed by atoms with E-state index in [9.17, 15) is 34.5 Å². The highest BCUT2D eigenvalue weighted by atomic mass is 16.7. The van der Waals surface area contributed by atoms with Gasteiger partial charge in [-0.15, -0.1) is 0 Å². The minimum Gasteiger partial charge on any atom is -0.479 e. The first kappa shape index (κ1) is 75.4. The molecule has 1 heterocycles. The highest BCUT2D eigenvalue weighted by molar-refractivity contribution is 5.74. The molecule has 83 heavy (non-hydrogen) atoms. The number of carboxylic acids is 1. The molecule has 0 bridgehead atoms. The Balaban J connectivity index is 2.76. The highest BCUT2D eigenvalue weighted by Gasteiger charge is 2.50. The number of ether oxygens (including phenoxy) is 5. The summed E-state index contributed by atoms with van der Waals surface area (Å²) in [4.78, 5) is 51.3. The Labute approximate surface area is 501 Å². The van der Waals surface area contributed by atoms with Gasteiger partial charge in [-0.3, -0.25) is 14.4 Å². The van der Waals surface area contributed by atoms with Crippen LogP contribution in [-0.2, 0) is 42.9 Å². The minimum atomic E-state index is -1.93. The molecule has 6 unspecified atom stereocenters. The summed E-state index contributed by atoms with van der Waals surface area (Å²) >= 11 is 0. The van der Waals surface area contributed by atoms with Crippen molar-refractivity contribution in [3.05, 3.63) is 158 Å². The first-order valence-corrected chi connectivity index (χ1v) is 31.5. The number of aliphatic carboxylic acids is 1. The molecule has 0 amide bonds. The molecule has 1 fully saturated rings. The maximum Gasteiger partial charge on any atom is 0.335 e. The Morgan fingerprint density at radius 3 is 1.14 bits per heavy atom. The van der Waals surface area contributed by atoms with Crippen LogP contribution in [0.25, 0.3) is 0 Å². The molecule has 0 aromatic carbocycles. The smallest absolute Gasteiger partial charge is 0.335 e. The predicted molar refractivity (Wildman–Crippen MR) is 339 cm³/mol. The van der Waals surface area contributed by atoms with Gasteiger partial charge in [-0.05, 0) is 128 Å². The molecule has 3 N–H and O–H groups in total. The van der Waals surface area contributed by atoms with Gasteiger partial charge in [0.05, 0.1) is 6.61 Å². The second kappa shape index (κ2) is 56.8. The Morgan fingerprint density at radius 1 is 0.398 bits per heavy atom. The molecule has 1 aliphatic heterocycles. The van der Waals surface area contributed by atoms with E-state index >= 15 is 0 Å². The van der Waals surface area contributed by atoms with Crippen molar-refractivity contribution in [3.8, 4) is 0 Å². The summed E-state index contributed by atoms with van der Waals surface area (Å²) in [6.07, 6.45) is 70.7. The highest BCUT2D eigenvalue weighted by Crippen LogP contribution is 2.26. The largest absolute Gasteiger partial charge is 0.479 e. The maximum absolute atomic E-state index is 13.2. The number of rotatable bonds is 51. The van der Waals surface area contributed by atoms with E-state index < -0.39 is 67.3 Å². The zero-order chi connectivity index (χ0) is 60.3. The second-order valence-electron chi connectivity index (χ2n) is 20.5. The predicted octanol–water partition coefficient (Wildman–Crippen LogP) is 16.9. The number of hydrogen-bond donors (Lipinski definition) is 3. The van der Waals surface area contributed by atoms with E-state index in [1.807, 2.05) is 12.2 Å². The SMILES string of the molecule is CC/C=C\C/C=C\C/C=C\C/C=C\C/C=C\C/C=C\CCC(=O)OCC(COC1OC(C(=O)O)C(O)C(O)C1OC(=O)CCCCCCCCC/C=C\C/C=C\C/C=C\CC)OC(=O)CCCCCC/C=C\C/C=C\C/C=C\C/C=C\CC. The van der Waals surface area contributed by atoms with Gasteiger partial charge in [0.2, 0.25) is 0 Å². The van der Waals surface area contributed by atoms with Gasteiger partial charge >= 0.3 is 23.9 Å². The molecule has 12 heteroatoms. The van der Waals surface area contributed by atoms with Crippen LogP contribution in [0, 0.1) is 0 Å². The van der Waals surface area contributed by atoms with Gasteiger partial charge < -0.3 is 39.0 Å². The molecule has 0 saturated carbocycles. The summed E-state index contributed by atoms with van der Waals surface area (Å²) in [6, 6.07) is 0. The van der Waals surface area contributed by atoms with Crippen LogP contribution < -0.4 is 0 Å². The monoisotopic (exact) mass is 1150 g/mol. The fourth-order valence-corrected chi connectivity index (χ4v) is 8.40. The summed E-state index contributed by atoms with van der Waals surface area (Å²) in [5, 5.41) is 31.6. The quantitative estimate of drug-likeness (QED) is 0.0228. The summed E-state index contributed by atoms with van der Waals surface area (Å²) < 4.78 is 28.4. The standard InChI is InChI=1S/C71H108O12/c1-4-7-10-13-16-19-22-25-28-31-32-35-36-39-42-45-48-51-54-57-63(72)79-60-62(81-64(73)58-55-52-49-46-43-40-37-33-29-26-23-20-17-14-11-8-5-2)61-80-71-69(67(76)66(75)68(83-71)70(77)78)82-65(74)59-56-53-50-47-44-41-38-34-30-27-24-21-18-15-12-9-6-3/h7-12,16-21,25-30,32,35,37,39-40,42,48,51,62,66-69,71,75-76H,4-6,13-15,22-24,31,33-34,36,38,41,43-47,49-50,52-61H2,1-3H3,(H,77,78)/b10-7-,11-8-,12-9-,19-16-,20-17-,21-18-,28-25-,29-26-,30-27-,35-32-,40-37-,42-39-,51-48-. The van der Waals surface area contributed by atoms with E-state index in [0.717, 1.165) is 148 Å². The van der Waals surface area contributed by atoms with E-state index in [-0.39, 0.29) is 25.9 Å². The van der Waals surface area contributed by atoms with Crippen LogP contribution in [0.15, 0.2) is 158 Å². The number of unbranched alkanes of at least 4 members (excludes halogenated alkanes) is 11. The summed E-state index contributed by atoms with van der Waals surface area (Å²) in [5.74, 6) is -3.30. The van der Waals surface area contributed by atoms with Crippen molar-refractivity contribution in [1.29, 1.82) is 0 Å². The molecule has 0 aromatic rings. The number of esters is 3. The lowest BCUT2D eigenvalue weighted by Gasteiger charge is -2.40. The van der Waals surface area contributed by atoms with Crippen molar-refractivity contribution in [2.45, 2.75) is 250 Å². The molecule has 0 aromatic heterocycles. The summed E-state index contributed by atoms with van der Waals surface area (Å²) in [6.45, 7) is 5.56. The fourth-order valence-electron chi connectivity index (χ4n) is 8.40. The number of carbonyl (C=O) groups is 4. The number of allylic oxidation sites excluding steroid dienone is 26. The average Bonchev–Trinajstić information content (AvgIpc) is 3.59. The molecule has 1 aliphatic rings. The fraction of sp³-hybridized carbons (Fsp3) is 0.577. The molecule has 1 saturated heterocycles. The van der Waals surface area contributed by atoms with E-state index in [1.54, 1.807) is 0 Å². The third-order valence-electron chi connectivity index (χ3n) is 13.1. The van der Waals surface area contributed by atoms with Crippen LogP contribution in [0.5, 0.6) is 0 Å². The van der Waals surface area contributed by atoms with Crippen molar-refractivity contribution in [3.63, 3.8) is 0 Å². The molecule has 0 radical (unpaired) electrons. The molecular formula is C71H108O12. The molecule has 6 atom stereocenters. The summed E-state index contributed by atoms with van der Waals surface area (Å²) in [5.41, 5.74) is 0. The van der Waals surface area contributed by atoms with Crippen LogP contribution in [-0.4, -0.2) is 89.2 Å². The van der Waals surface area contributed by atoms with Crippen molar-refractivity contribution >= 4 is 23.9 Å². The Morgan fingerprint density at radius 2 is 0.747 bits per heavy atom. The Hall–Kier alpha value is -5.66. The van der Waals surface area contributed by atoms with Crippen molar-refractivity contribution in [1.82, 2.24) is 0 Å². The van der Waals surface area contributed by atoms with Crippen molar-refractivity contribution in [2.75, 3.05) is 13.2 Å². The molecule has 0 aliphatic carbocycles. The third kappa shape index (κ3) is 46.4. The normalized spacial score (nSPS) is 18.7. The van der Waals surface area contributed by atoms with Gasteiger partial charge in [-0.25, -0.2) is 4.79 Å². The summed E-state index contributed by atoms with van der Waals surface area (Å²) in [7, 11) is 0. The van der Waals surface area contributed by atoms with E-state index in [1.165, 1.54) is 0 Å². The van der Waals surface area contributed by atoms with Gasteiger partial charge in [-0.1, -0.05) is 224 Å². The van der Waals surface area contributed by atoms with Crippen LogP contribution >= 0.6 is 0 Å². The van der Waals surface area contributed by atoms with E-state index in [0.29, 0.717) is 25.7 Å². The molecule has 1 rings (SSSR count). The number of carboxylic acid groups (broad SMARTS) is 1. The van der Waals surface area contributed by atoms with Crippen LogP contribution in [0.3, 0.4) is 0 Å². The maximum atomic E-state index is 13.2. The zero-order valence-corrected chi connectivity index (χ0v) is 51.1. The third-order valence-corrected chi connectivity index (χ3v) is 13.1. The zero-order valence-electron chi connectivity index (χ0n) is 51.1. The molecule has 12 nitrogen and oxygen atoms in total. The number of aliphatic hydroxyl groups is 2. The molecular weight excluding hydrogens is 1040 g/mol. The first-order chi connectivity index (χ1) is 40.6. The Bertz CT molecular complexity index is 2050. The van der Waals surface area contributed by atoms with Gasteiger partial charge in [-0.2, -0.15) is 0 Å².